The zero-order chi connectivity index (χ0) is 21.1. The second kappa shape index (κ2) is 8.29. The molecule has 0 fully saturated rings. The van der Waals surface area contributed by atoms with Gasteiger partial charge in [0.1, 0.15) is 5.82 Å². The molecule has 0 aliphatic carbocycles. The van der Waals surface area contributed by atoms with Crippen molar-refractivity contribution in [3.05, 3.63) is 107 Å². The van der Waals surface area contributed by atoms with E-state index in [0.29, 0.717) is 11.3 Å². The Morgan fingerprint density at radius 3 is 2.27 bits per heavy atom. The lowest BCUT2D eigenvalue weighted by molar-refractivity contribution is 0.0595. The zero-order valence-corrected chi connectivity index (χ0v) is 16.2. The quantitative estimate of drug-likeness (QED) is 0.646. The van der Waals surface area contributed by atoms with Gasteiger partial charge in [0.05, 0.1) is 30.3 Å². The highest BCUT2D eigenvalue weighted by molar-refractivity contribution is 6.12. The summed E-state index contributed by atoms with van der Waals surface area (Å²) >= 11 is 0. The molecule has 0 bridgehead atoms. The third-order valence-corrected chi connectivity index (χ3v) is 5.11. The van der Waals surface area contributed by atoms with Crippen molar-refractivity contribution in [2.45, 2.75) is 12.0 Å². The molecule has 1 N–H and O–H groups in total. The molecule has 3 aromatic carbocycles. The normalized spacial score (nSPS) is 18.3. The van der Waals surface area contributed by atoms with Gasteiger partial charge in [0.2, 0.25) is 0 Å². The highest BCUT2D eigenvalue weighted by Gasteiger charge is 2.36. The van der Waals surface area contributed by atoms with Crippen LogP contribution < -0.4 is 5.32 Å². The molecular formula is C24H19FN2O3. The van der Waals surface area contributed by atoms with Crippen LogP contribution in [0.15, 0.2) is 83.9 Å². The number of benzene rings is 3. The van der Waals surface area contributed by atoms with Crippen molar-refractivity contribution >= 4 is 17.7 Å². The molecule has 0 spiro atoms. The Balaban J connectivity index is 1.84. The molecule has 5 nitrogen and oxygen atoms in total. The molecule has 0 radical (unpaired) electrons. The summed E-state index contributed by atoms with van der Waals surface area (Å²) in [5.41, 5.74) is 2.73. The summed E-state index contributed by atoms with van der Waals surface area (Å²) in [6.45, 7) is 0. The summed E-state index contributed by atoms with van der Waals surface area (Å²) in [6, 6.07) is 22.3. The number of hydrogen-bond acceptors (Lipinski definition) is 3. The average molecular weight is 402 g/mol. The summed E-state index contributed by atoms with van der Waals surface area (Å²) in [5, 5.41) is 2.86. The number of esters is 1. The van der Waals surface area contributed by atoms with Crippen LogP contribution in [0.5, 0.6) is 0 Å². The number of carbonyl (C=O) groups is 2. The number of urea groups is 1. The van der Waals surface area contributed by atoms with Crippen molar-refractivity contribution in [2.24, 2.45) is 4.99 Å². The van der Waals surface area contributed by atoms with Crippen molar-refractivity contribution in [3.8, 4) is 0 Å². The van der Waals surface area contributed by atoms with E-state index in [1.807, 2.05) is 60.7 Å². The number of nitrogens with zero attached hydrogens (tertiary/aromatic N) is 1. The van der Waals surface area contributed by atoms with Crippen LogP contribution in [-0.2, 0) is 4.74 Å². The van der Waals surface area contributed by atoms with Gasteiger partial charge in [-0.3, -0.25) is 0 Å². The summed E-state index contributed by atoms with van der Waals surface area (Å²) in [5.74, 6) is -1.79. The number of halogens is 1. The number of ether oxygens (including phenoxy) is 1. The molecule has 150 valence electrons. The Morgan fingerprint density at radius 2 is 1.63 bits per heavy atom. The predicted octanol–water partition coefficient (Wildman–Crippen LogP) is 4.65. The minimum atomic E-state index is -0.752. The SMILES string of the molecule is COC(=O)c1ccc(C2NC(=O)N=C(c3ccccc3)C2c2ccccc2)cc1F. The molecule has 4 rings (SSSR count). The monoisotopic (exact) mass is 402 g/mol. The number of nitrogens with one attached hydrogen (secondary N) is 1. The van der Waals surface area contributed by atoms with E-state index in [0.717, 1.165) is 11.1 Å². The van der Waals surface area contributed by atoms with Gasteiger partial charge in [0.15, 0.2) is 0 Å². The first-order valence-corrected chi connectivity index (χ1v) is 9.45. The highest BCUT2D eigenvalue weighted by Crippen LogP contribution is 2.37. The van der Waals surface area contributed by atoms with E-state index in [2.05, 4.69) is 15.0 Å². The second-order valence-electron chi connectivity index (χ2n) is 6.91. The van der Waals surface area contributed by atoms with E-state index in [-0.39, 0.29) is 11.5 Å². The fourth-order valence-electron chi connectivity index (χ4n) is 3.73. The fourth-order valence-corrected chi connectivity index (χ4v) is 3.73. The summed E-state index contributed by atoms with van der Waals surface area (Å²) < 4.78 is 19.3. The number of amides is 2. The lowest BCUT2D eigenvalue weighted by atomic mass is 9.80. The van der Waals surface area contributed by atoms with Gasteiger partial charge in [-0.1, -0.05) is 66.7 Å². The van der Waals surface area contributed by atoms with Gasteiger partial charge in [-0.25, -0.2) is 14.0 Å². The van der Waals surface area contributed by atoms with Gasteiger partial charge in [-0.15, -0.1) is 0 Å². The molecule has 1 heterocycles. The smallest absolute Gasteiger partial charge is 0.341 e. The Kier molecular flexibility index (Phi) is 5.39. The van der Waals surface area contributed by atoms with Gasteiger partial charge in [0.25, 0.3) is 0 Å². The molecule has 6 heteroatoms. The summed E-state index contributed by atoms with van der Waals surface area (Å²) in [7, 11) is 1.20. The number of hydrogen-bond donors (Lipinski definition) is 1. The van der Waals surface area contributed by atoms with Crippen LogP contribution in [-0.4, -0.2) is 24.8 Å². The lowest BCUT2D eigenvalue weighted by Gasteiger charge is -2.33. The first-order chi connectivity index (χ1) is 14.6. The first-order valence-electron chi connectivity index (χ1n) is 9.45. The molecule has 0 aromatic heterocycles. The van der Waals surface area contributed by atoms with E-state index < -0.39 is 23.9 Å². The molecule has 0 saturated carbocycles. The fraction of sp³-hybridized carbons (Fsp3) is 0.125. The average Bonchev–Trinajstić information content (AvgIpc) is 2.79. The zero-order valence-electron chi connectivity index (χ0n) is 16.2. The molecule has 30 heavy (non-hydrogen) atoms. The van der Waals surface area contributed by atoms with E-state index in [1.54, 1.807) is 6.07 Å². The van der Waals surface area contributed by atoms with Crippen molar-refractivity contribution < 1.29 is 18.7 Å². The van der Waals surface area contributed by atoms with Gasteiger partial charge >= 0.3 is 12.0 Å². The summed E-state index contributed by atoms with van der Waals surface area (Å²) in [6.07, 6.45) is 0. The second-order valence-corrected chi connectivity index (χ2v) is 6.91. The number of rotatable bonds is 4. The van der Waals surface area contributed by atoms with Crippen LogP contribution in [0.3, 0.4) is 0 Å². The Morgan fingerprint density at radius 1 is 0.967 bits per heavy atom. The Labute approximate surface area is 173 Å². The van der Waals surface area contributed by atoms with Crippen LogP contribution in [0.4, 0.5) is 9.18 Å². The van der Waals surface area contributed by atoms with Gasteiger partial charge in [-0.05, 0) is 28.8 Å². The van der Waals surface area contributed by atoms with E-state index in [1.165, 1.54) is 19.2 Å². The third kappa shape index (κ3) is 3.72. The standard InChI is InChI=1S/C24H19FN2O3/c1-30-23(28)18-13-12-17(14-19(18)25)22-20(15-8-4-2-5-9-15)21(26-24(29)27-22)16-10-6-3-7-11-16/h2-14,20,22H,1H3,(H,27,29). The van der Waals surface area contributed by atoms with Crippen LogP contribution in [0.2, 0.25) is 0 Å². The Hall–Kier alpha value is -3.80. The molecule has 2 unspecified atom stereocenters. The summed E-state index contributed by atoms with van der Waals surface area (Å²) in [4.78, 5) is 28.5. The van der Waals surface area contributed by atoms with E-state index in [4.69, 9.17) is 0 Å². The largest absolute Gasteiger partial charge is 0.465 e. The van der Waals surface area contributed by atoms with Gasteiger partial charge < -0.3 is 10.1 Å². The third-order valence-electron chi connectivity index (χ3n) is 5.11. The maximum atomic E-state index is 14.6. The van der Waals surface area contributed by atoms with Crippen molar-refractivity contribution in [1.29, 1.82) is 0 Å². The van der Waals surface area contributed by atoms with E-state index >= 15 is 0 Å². The minimum absolute atomic E-state index is 0.156. The molecule has 2 atom stereocenters. The lowest BCUT2D eigenvalue weighted by Crippen LogP contribution is -2.40. The molecule has 0 saturated heterocycles. The van der Waals surface area contributed by atoms with Crippen LogP contribution in [0.1, 0.15) is 39.0 Å². The topological polar surface area (TPSA) is 67.8 Å². The van der Waals surface area contributed by atoms with Crippen molar-refractivity contribution in [2.75, 3.05) is 7.11 Å². The number of aliphatic imine (C=N–C) groups is 1. The molecule has 2 amide bonds. The first kappa shape index (κ1) is 19.5. The molecule has 1 aliphatic heterocycles. The number of methoxy groups -OCH3 is 1. The highest BCUT2D eigenvalue weighted by atomic mass is 19.1. The van der Waals surface area contributed by atoms with Crippen LogP contribution >= 0.6 is 0 Å². The maximum absolute atomic E-state index is 14.6. The van der Waals surface area contributed by atoms with Gasteiger partial charge in [-0.2, -0.15) is 4.99 Å². The molecule has 1 aliphatic rings. The van der Waals surface area contributed by atoms with Gasteiger partial charge in [0, 0.05) is 0 Å². The maximum Gasteiger partial charge on any atom is 0.341 e. The predicted molar refractivity (Wildman–Crippen MR) is 111 cm³/mol. The minimum Gasteiger partial charge on any atom is -0.465 e. The van der Waals surface area contributed by atoms with E-state index in [9.17, 15) is 14.0 Å². The van der Waals surface area contributed by atoms with Crippen molar-refractivity contribution in [1.82, 2.24) is 5.32 Å². The molecular weight excluding hydrogens is 383 g/mol. The van der Waals surface area contributed by atoms with Crippen molar-refractivity contribution in [3.63, 3.8) is 0 Å². The molecule has 3 aromatic rings. The number of carbonyl (C=O) groups excluding carboxylic acids is 2. The van der Waals surface area contributed by atoms with Crippen LogP contribution in [0, 0.1) is 5.82 Å². The Bertz CT molecular complexity index is 1110. The van der Waals surface area contributed by atoms with Crippen LogP contribution in [0.25, 0.3) is 0 Å².